The van der Waals surface area contributed by atoms with Crippen molar-refractivity contribution in [2.45, 2.75) is 37.6 Å². The average Bonchev–Trinajstić information content (AvgIpc) is 3.44. The molecule has 4 rings (SSSR count). The molecule has 1 amide bonds. The summed E-state index contributed by atoms with van der Waals surface area (Å²) < 4.78 is 8.44. The zero-order valence-electron chi connectivity index (χ0n) is 14.7. The molecule has 2 heterocycles. The monoisotopic (exact) mass is 426 g/mol. The highest BCUT2D eigenvalue weighted by Gasteiger charge is 2.32. The third-order valence-corrected chi connectivity index (χ3v) is 6.14. The lowest BCUT2D eigenvalue weighted by atomic mass is 9.96. The molecule has 6 nitrogen and oxygen atoms in total. The van der Waals surface area contributed by atoms with Crippen LogP contribution in [0.2, 0.25) is 10.0 Å². The molecule has 1 aliphatic carbocycles. The Morgan fingerprint density at radius 1 is 1.22 bits per heavy atom. The molecule has 9 heteroatoms. The van der Waals surface area contributed by atoms with Gasteiger partial charge in [0.2, 0.25) is 0 Å². The topological polar surface area (TPSA) is 63.1 Å². The van der Waals surface area contributed by atoms with Crippen LogP contribution in [0.15, 0.2) is 18.2 Å². The maximum absolute atomic E-state index is 12.5. The molecular formula is C18H20Cl2N4O2S. The van der Waals surface area contributed by atoms with Crippen LogP contribution >= 0.6 is 35.4 Å². The van der Waals surface area contributed by atoms with Crippen molar-refractivity contribution in [3.8, 4) is 5.75 Å². The summed E-state index contributed by atoms with van der Waals surface area (Å²) in [6, 6.07) is 5.48. The number of ether oxygens (including phenoxy) is 1. The first-order valence-electron chi connectivity index (χ1n) is 9.05. The molecule has 1 aromatic carbocycles. The van der Waals surface area contributed by atoms with E-state index in [1.807, 2.05) is 4.90 Å². The number of aromatic amines is 1. The number of nitrogens with zero attached hydrogens (tertiary/aromatic N) is 3. The Morgan fingerprint density at radius 2 is 1.96 bits per heavy atom. The maximum Gasteiger partial charge on any atom is 0.260 e. The van der Waals surface area contributed by atoms with E-state index in [-0.39, 0.29) is 12.5 Å². The van der Waals surface area contributed by atoms with Gasteiger partial charge in [-0.15, -0.1) is 0 Å². The summed E-state index contributed by atoms with van der Waals surface area (Å²) >= 11 is 17.2. The third-order valence-electron chi connectivity index (χ3n) is 5.11. The number of benzene rings is 1. The largest absolute Gasteiger partial charge is 0.484 e. The van der Waals surface area contributed by atoms with Crippen molar-refractivity contribution < 1.29 is 9.53 Å². The number of halogens is 2. The molecule has 0 radical (unpaired) electrons. The van der Waals surface area contributed by atoms with Gasteiger partial charge in [-0.05, 0) is 50.0 Å². The van der Waals surface area contributed by atoms with E-state index in [2.05, 4.69) is 14.8 Å². The molecule has 0 bridgehead atoms. The van der Waals surface area contributed by atoms with Gasteiger partial charge in [0.1, 0.15) is 11.6 Å². The Morgan fingerprint density at radius 3 is 2.63 bits per heavy atom. The third kappa shape index (κ3) is 4.15. The highest BCUT2D eigenvalue weighted by molar-refractivity contribution is 7.71. The lowest BCUT2D eigenvalue weighted by Gasteiger charge is -2.31. The first kappa shape index (κ1) is 18.8. The molecule has 2 aromatic rings. The normalized spacial score (nSPS) is 17.9. The molecule has 27 heavy (non-hydrogen) atoms. The van der Waals surface area contributed by atoms with Gasteiger partial charge in [-0.3, -0.25) is 9.89 Å². The standard InChI is InChI=1S/C18H20Cl2N4O2S/c19-14-4-3-13(9-15(14)20)26-10-16(25)23-7-5-11(6-8-23)17-21-22-18(27)24(17)12-1-2-12/h3-4,9,11-12H,1-2,5-8,10H2,(H,22,27). The predicted octanol–water partition coefficient (Wildman–Crippen LogP) is 4.37. The van der Waals surface area contributed by atoms with Crippen LogP contribution in [0.25, 0.3) is 0 Å². The number of likely N-dealkylation sites (tertiary alicyclic amines) is 1. The molecule has 1 saturated carbocycles. The first-order valence-corrected chi connectivity index (χ1v) is 10.2. The summed E-state index contributed by atoms with van der Waals surface area (Å²) in [5, 5.41) is 8.26. The number of carbonyl (C=O) groups excluding carboxylic acids is 1. The number of piperidine rings is 1. The van der Waals surface area contributed by atoms with E-state index < -0.39 is 0 Å². The fourth-order valence-electron chi connectivity index (χ4n) is 3.48. The Bertz CT molecular complexity index is 901. The van der Waals surface area contributed by atoms with Crippen molar-refractivity contribution in [2.24, 2.45) is 0 Å². The minimum atomic E-state index is -0.0272. The highest BCUT2D eigenvalue weighted by Crippen LogP contribution is 2.39. The van der Waals surface area contributed by atoms with E-state index in [9.17, 15) is 4.79 Å². The van der Waals surface area contributed by atoms with Crippen LogP contribution in [0, 0.1) is 4.77 Å². The predicted molar refractivity (Wildman–Crippen MR) is 106 cm³/mol. The second kappa shape index (κ2) is 7.81. The number of rotatable bonds is 5. The Labute approximate surface area is 172 Å². The molecule has 1 saturated heterocycles. The molecule has 0 spiro atoms. The van der Waals surface area contributed by atoms with Crippen molar-refractivity contribution >= 4 is 41.3 Å². The first-order chi connectivity index (χ1) is 13.0. The summed E-state index contributed by atoms with van der Waals surface area (Å²) in [7, 11) is 0. The van der Waals surface area contributed by atoms with Gasteiger partial charge in [-0.1, -0.05) is 23.2 Å². The van der Waals surface area contributed by atoms with E-state index in [0.717, 1.165) is 18.7 Å². The van der Waals surface area contributed by atoms with Crippen LogP contribution in [0.1, 0.15) is 43.5 Å². The second-order valence-corrected chi connectivity index (χ2v) is 8.21. The van der Waals surface area contributed by atoms with Crippen molar-refractivity contribution in [1.82, 2.24) is 19.7 Å². The van der Waals surface area contributed by atoms with Crippen LogP contribution in [-0.4, -0.2) is 45.3 Å². The van der Waals surface area contributed by atoms with Gasteiger partial charge in [0, 0.05) is 31.1 Å². The summed E-state index contributed by atoms with van der Waals surface area (Å²) in [6.45, 7) is 1.38. The molecule has 2 aliphatic rings. The number of carbonyl (C=O) groups is 1. The highest BCUT2D eigenvalue weighted by atomic mass is 35.5. The number of hydrogen-bond acceptors (Lipinski definition) is 4. The summed E-state index contributed by atoms with van der Waals surface area (Å²) in [6.07, 6.45) is 4.10. The van der Waals surface area contributed by atoms with E-state index in [1.165, 1.54) is 12.8 Å². The van der Waals surface area contributed by atoms with Crippen LogP contribution < -0.4 is 4.74 Å². The molecular weight excluding hydrogens is 407 g/mol. The van der Waals surface area contributed by atoms with Crippen molar-refractivity contribution in [2.75, 3.05) is 19.7 Å². The fourth-order valence-corrected chi connectivity index (χ4v) is 4.06. The van der Waals surface area contributed by atoms with Gasteiger partial charge in [0.25, 0.3) is 5.91 Å². The van der Waals surface area contributed by atoms with Crippen molar-refractivity contribution in [3.05, 3.63) is 38.8 Å². The van der Waals surface area contributed by atoms with E-state index in [0.29, 0.717) is 45.6 Å². The van der Waals surface area contributed by atoms with Crippen molar-refractivity contribution in [1.29, 1.82) is 0 Å². The van der Waals surface area contributed by atoms with E-state index in [1.54, 1.807) is 18.2 Å². The van der Waals surface area contributed by atoms with Crippen LogP contribution in [-0.2, 0) is 4.79 Å². The van der Waals surface area contributed by atoms with Gasteiger partial charge in [-0.2, -0.15) is 5.10 Å². The number of H-pyrrole nitrogens is 1. The molecule has 1 N–H and O–H groups in total. The molecule has 2 fully saturated rings. The molecule has 0 atom stereocenters. The minimum Gasteiger partial charge on any atom is -0.484 e. The quantitative estimate of drug-likeness (QED) is 0.720. The minimum absolute atomic E-state index is 0.0105. The van der Waals surface area contributed by atoms with Gasteiger partial charge in [-0.25, -0.2) is 0 Å². The van der Waals surface area contributed by atoms with Gasteiger partial charge < -0.3 is 14.2 Å². The average molecular weight is 427 g/mol. The molecule has 0 unspecified atom stereocenters. The van der Waals surface area contributed by atoms with Gasteiger partial charge in [0.05, 0.1) is 10.0 Å². The Kier molecular flexibility index (Phi) is 5.43. The number of aromatic nitrogens is 3. The molecule has 1 aliphatic heterocycles. The Balaban J connectivity index is 1.31. The van der Waals surface area contributed by atoms with E-state index in [4.69, 9.17) is 40.2 Å². The van der Waals surface area contributed by atoms with Gasteiger partial charge in [0.15, 0.2) is 11.4 Å². The van der Waals surface area contributed by atoms with Gasteiger partial charge >= 0.3 is 0 Å². The smallest absolute Gasteiger partial charge is 0.260 e. The second-order valence-electron chi connectivity index (χ2n) is 7.01. The summed E-state index contributed by atoms with van der Waals surface area (Å²) in [5.74, 6) is 1.88. The maximum atomic E-state index is 12.5. The van der Waals surface area contributed by atoms with Crippen LogP contribution in [0.3, 0.4) is 0 Å². The van der Waals surface area contributed by atoms with Crippen molar-refractivity contribution in [3.63, 3.8) is 0 Å². The Hall–Kier alpha value is -1.57. The number of hydrogen-bond donors (Lipinski definition) is 1. The lowest BCUT2D eigenvalue weighted by molar-refractivity contribution is -0.134. The number of amides is 1. The molecule has 144 valence electrons. The SMILES string of the molecule is O=C(COc1ccc(Cl)c(Cl)c1)N1CCC(c2n[nH]c(=S)n2C2CC2)CC1. The molecule has 1 aromatic heterocycles. The number of nitrogens with one attached hydrogen (secondary N) is 1. The summed E-state index contributed by atoms with van der Waals surface area (Å²) in [5.41, 5.74) is 0. The zero-order valence-corrected chi connectivity index (χ0v) is 17.0. The summed E-state index contributed by atoms with van der Waals surface area (Å²) in [4.78, 5) is 14.3. The zero-order chi connectivity index (χ0) is 19.0. The van der Waals surface area contributed by atoms with Crippen LogP contribution in [0.4, 0.5) is 0 Å². The lowest BCUT2D eigenvalue weighted by Crippen LogP contribution is -2.40. The van der Waals surface area contributed by atoms with E-state index >= 15 is 0 Å². The fraction of sp³-hybridized carbons (Fsp3) is 0.500. The van der Waals surface area contributed by atoms with Crippen LogP contribution in [0.5, 0.6) is 5.75 Å².